The van der Waals surface area contributed by atoms with Crippen molar-refractivity contribution in [2.45, 2.75) is 38.5 Å². The Bertz CT molecular complexity index is 2840. The molecule has 0 saturated carbocycles. The molecule has 8 bridgehead atoms. The van der Waals surface area contributed by atoms with Crippen molar-refractivity contribution in [1.82, 2.24) is 9.97 Å². The van der Waals surface area contributed by atoms with Crippen molar-refractivity contribution in [2.75, 3.05) is 13.2 Å². The van der Waals surface area contributed by atoms with Gasteiger partial charge in [0.15, 0.2) is 0 Å². The van der Waals surface area contributed by atoms with Crippen LogP contribution in [0.3, 0.4) is 0 Å². The largest absolute Gasteiger partial charge is 0.494 e. The van der Waals surface area contributed by atoms with Crippen LogP contribution in [0.5, 0.6) is 11.5 Å². The van der Waals surface area contributed by atoms with Gasteiger partial charge in [0.05, 0.1) is 36.0 Å². The molecule has 2 N–H and O–H groups in total. The Hall–Kier alpha value is -7.14. The lowest BCUT2D eigenvalue weighted by molar-refractivity contribution is -0.138. The van der Waals surface area contributed by atoms with Crippen LogP contribution in [-0.4, -0.2) is 45.3 Å². The van der Waals surface area contributed by atoms with Crippen LogP contribution in [0.2, 0.25) is 0 Å². The van der Waals surface area contributed by atoms with Crippen molar-refractivity contribution in [3.8, 4) is 56.0 Å². The van der Waals surface area contributed by atoms with Gasteiger partial charge in [-0.25, -0.2) is 9.97 Å². The molecule has 3 aromatic heterocycles. The van der Waals surface area contributed by atoms with Gasteiger partial charge in [0.2, 0.25) is 0 Å². The molecule has 0 aliphatic carbocycles. The molecule has 9 rings (SSSR count). The number of hydrogen-bond acceptors (Lipinski definition) is 8. The fourth-order valence-electron chi connectivity index (χ4n) is 7.94. The van der Waals surface area contributed by atoms with Gasteiger partial charge in [-0.2, -0.15) is 0 Å². The lowest BCUT2D eigenvalue weighted by Crippen LogP contribution is -2.00. The molecule has 2 aliphatic heterocycles. The van der Waals surface area contributed by atoms with E-state index in [9.17, 15) is 9.59 Å². The van der Waals surface area contributed by atoms with Crippen LogP contribution < -0.4 is 9.47 Å². The smallest absolute Gasteiger partial charge is 0.303 e. The van der Waals surface area contributed by atoms with Crippen LogP contribution >= 0.6 is 22.7 Å². The molecule has 7 aromatic rings. The number of thiophene rings is 2. The summed E-state index contributed by atoms with van der Waals surface area (Å²) < 4.78 is 16.3. The van der Waals surface area contributed by atoms with Crippen LogP contribution in [0.4, 0.5) is 0 Å². The molecule has 0 unspecified atom stereocenters. The zero-order chi connectivity index (χ0) is 43.8. The summed E-state index contributed by atoms with van der Waals surface area (Å²) >= 11 is 3.42. The fraction of sp³-hybridized carbons (Fsp3) is 0.148. The molecular formula is C54H44N2O6S2. The third-order valence-electron chi connectivity index (χ3n) is 11.0. The number of rotatable bonds is 16. The summed E-state index contributed by atoms with van der Waals surface area (Å²) in [6.45, 7) is 0.878. The van der Waals surface area contributed by atoms with E-state index in [0.717, 1.165) is 97.6 Å². The molecule has 4 aromatic carbocycles. The Morgan fingerprint density at radius 2 is 0.719 bits per heavy atom. The number of fused-ring (bicyclic) bond motifs is 8. The molecule has 64 heavy (non-hydrogen) atoms. The van der Waals surface area contributed by atoms with Gasteiger partial charge in [-0.3, -0.25) is 9.59 Å². The summed E-state index contributed by atoms with van der Waals surface area (Å²) in [6, 6.07) is 45.8. The van der Waals surface area contributed by atoms with Crippen molar-refractivity contribution in [3.63, 3.8) is 0 Å². The third-order valence-corrected chi connectivity index (χ3v) is 13.3. The predicted octanol–water partition coefficient (Wildman–Crippen LogP) is 14.1. The van der Waals surface area contributed by atoms with Gasteiger partial charge in [-0.05, 0) is 121 Å². The maximum Gasteiger partial charge on any atom is 0.303 e. The number of aromatic nitrogens is 2. The molecule has 0 saturated heterocycles. The zero-order valence-corrected chi connectivity index (χ0v) is 36.5. The number of carbonyl (C=O) groups is 2. The average Bonchev–Trinajstić information content (AvgIpc) is 4.16. The maximum absolute atomic E-state index is 11.0. The van der Waals surface area contributed by atoms with Crippen LogP contribution in [0.1, 0.15) is 61.3 Å². The minimum Gasteiger partial charge on any atom is -0.494 e. The Morgan fingerprint density at radius 1 is 0.406 bits per heavy atom. The first-order valence-corrected chi connectivity index (χ1v) is 23.0. The maximum atomic E-state index is 11.0. The molecule has 318 valence electrons. The van der Waals surface area contributed by atoms with E-state index in [1.807, 2.05) is 36.4 Å². The summed E-state index contributed by atoms with van der Waals surface area (Å²) in [7, 11) is 0. The van der Waals surface area contributed by atoms with Gasteiger partial charge in [-0.15, -0.1) is 22.7 Å². The molecule has 10 heteroatoms. The van der Waals surface area contributed by atoms with E-state index in [4.69, 9.17) is 29.7 Å². The summed E-state index contributed by atoms with van der Waals surface area (Å²) in [5.74, 6) is -0.158. The lowest BCUT2D eigenvalue weighted by Gasteiger charge is -2.09. The first kappa shape index (κ1) is 42.2. The molecular weight excluding hydrogens is 837 g/mol. The summed E-state index contributed by atoms with van der Waals surface area (Å²) in [5, 5.41) is 18.1. The Kier molecular flexibility index (Phi) is 12.8. The zero-order valence-electron chi connectivity index (χ0n) is 34.9. The van der Waals surface area contributed by atoms with Gasteiger partial charge >= 0.3 is 11.9 Å². The molecule has 2 aliphatic rings. The summed E-state index contributed by atoms with van der Waals surface area (Å²) in [5.41, 5.74) is 11.7. The monoisotopic (exact) mass is 880 g/mol. The van der Waals surface area contributed by atoms with Gasteiger partial charge in [-0.1, -0.05) is 84.9 Å². The lowest BCUT2D eigenvalue weighted by atomic mass is 10.0. The number of carboxylic acids is 2. The highest BCUT2D eigenvalue weighted by Crippen LogP contribution is 2.43. The van der Waals surface area contributed by atoms with Crippen LogP contribution in [0.25, 0.3) is 87.6 Å². The average molecular weight is 881 g/mol. The minimum atomic E-state index is -0.799. The molecule has 5 heterocycles. The number of aliphatic carboxylic acids is 2. The van der Waals surface area contributed by atoms with Crippen molar-refractivity contribution in [3.05, 3.63) is 156 Å². The van der Waals surface area contributed by atoms with E-state index < -0.39 is 11.9 Å². The number of nitrogens with zero attached hydrogens (tertiary/aromatic N) is 2. The molecule has 0 amide bonds. The predicted molar refractivity (Wildman–Crippen MR) is 262 cm³/mol. The second-order valence-corrected chi connectivity index (χ2v) is 17.6. The third kappa shape index (κ3) is 9.58. The van der Waals surface area contributed by atoms with E-state index in [1.165, 1.54) is 0 Å². The molecule has 0 atom stereocenters. The number of unbranched alkanes of at least 4 members (excludes halogenated alkanes) is 2. The van der Waals surface area contributed by atoms with E-state index in [-0.39, 0.29) is 12.8 Å². The second-order valence-electron chi connectivity index (χ2n) is 15.4. The van der Waals surface area contributed by atoms with Gasteiger partial charge in [0, 0.05) is 53.9 Å². The number of carboxylic acid groups (broad SMARTS) is 2. The van der Waals surface area contributed by atoms with Crippen LogP contribution in [0, 0.1) is 0 Å². The normalized spacial score (nSPS) is 11.8. The SMILES string of the molecule is O=C(O)CCCCOc1ccc(-c2c3nc(c(-c4ccccc4)c4ccc(s4)c(-c4ccccc4)c4nc(c(-c5ccc(OCCCCC(=O)O)cc5)c5ccc2s5)C=C4)C=C3)cc1. The van der Waals surface area contributed by atoms with Crippen molar-refractivity contribution in [2.24, 2.45) is 0 Å². The van der Waals surface area contributed by atoms with E-state index >= 15 is 0 Å². The second kappa shape index (κ2) is 19.5. The summed E-state index contributed by atoms with van der Waals surface area (Å²) in [6.07, 6.45) is 11.2. The minimum absolute atomic E-state index is 0.127. The van der Waals surface area contributed by atoms with E-state index in [2.05, 4.69) is 121 Å². The topological polar surface area (TPSA) is 119 Å². The molecule has 0 spiro atoms. The molecule has 0 fully saturated rings. The Morgan fingerprint density at radius 3 is 1.03 bits per heavy atom. The Labute approximate surface area is 379 Å². The fourth-order valence-corrected chi connectivity index (χ4v) is 10.3. The number of hydrogen-bond donors (Lipinski definition) is 2. The van der Waals surface area contributed by atoms with E-state index in [0.29, 0.717) is 38.9 Å². The number of ether oxygens (including phenoxy) is 2. The highest BCUT2D eigenvalue weighted by atomic mass is 32.1. The Balaban J connectivity index is 1.25. The van der Waals surface area contributed by atoms with Crippen LogP contribution in [-0.2, 0) is 9.59 Å². The van der Waals surface area contributed by atoms with Crippen molar-refractivity contribution >= 4 is 77.7 Å². The van der Waals surface area contributed by atoms with Gasteiger partial charge in [0.1, 0.15) is 11.5 Å². The van der Waals surface area contributed by atoms with E-state index in [1.54, 1.807) is 22.7 Å². The van der Waals surface area contributed by atoms with Crippen molar-refractivity contribution in [1.29, 1.82) is 0 Å². The van der Waals surface area contributed by atoms with Gasteiger partial charge in [0.25, 0.3) is 0 Å². The highest BCUT2D eigenvalue weighted by Gasteiger charge is 2.19. The number of benzene rings is 4. The summed E-state index contributed by atoms with van der Waals surface area (Å²) in [4.78, 5) is 32.9. The van der Waals surface area contributed by atoms with Crippen LogP contribution in [0.15, 0.2) is 133 Å². The first-order valence-electron chi connectivity index (χ1n) is 21.4. The quantitative estimate of drug-likeness (QED) is 0.0921. The molecule has 8 nitrogen and oxygen atoms in total. The van der Waals surface area contributed by atoms with Gasteiger partial charge < -0.3 is 19.7 Å². The highest BCUT2D eigenvalue weighted by molar-refractivity contribution is 7.24. The first-order chi connectivity index (χ1) is 31.4. The standard InChI is InChI=1S/C54H44N2O6S2/c57-49(58)15-7-9-33-61-39-21-17-37(18-22-39)53-43-27-25-41(55-43)51(35-11-3-1-4-12-35)45-29-30-46(63-45)52(36-13-5-2-6-14-36)42-26-28-44(56-42)54(48-32-31-47(53)64-48)38-19-23-40(24-20-38)62-34-10-8-16-50(59)60/h1-6,11-14,17-32H,7-10,15-16,33-34H2,(H,57,58)(H,59,60). The molecule has 0 radical (unpaired) electrons. The van der Waals surface area contributed by atoms with Crippen molar-refractivity contribution < 1.29 is 29.3 Å².